The van der Waals surface area contributed by atoms with Gasteiger partial charge in [-0.15, -0.1) is 0 Å². The third-order valence-electron chi connectivity index (χ3n) is 6.48. The smallest absolute Gasteiger partial charge is 0.138 e. The van der Waals surface area contributed by atoms with E-state index in [0.29, 0.717) is 0 Å². The van der Waals surface area contributed by atoms with Gasteiger partial charge in [0.25, 0.3) is 0 Å². The van der Waals surface area contributed by atoms with E-state index < -0.39 is 0 Å². The van der Waals surface area contributed by atoms with Gasteiger partial charge in [-0.25, -0.2) is 0 Å². The molecule has 0 spiro atoms. The van der Waals surface area contributed by atoms with E-state index in [0.717, 1.165) is 30.4 Å². The Kier molecular flexibility index (Phi) is 2.83. The second kappa shape index (κ2) is 4.47. The highest BCUT2D eigenvalue weighted by Crippen LogP contribution is 2.55. The maximum Gasteiger partial charge on any atom is 0.138 e. The molecule has 0 aromatic heterocycles. The molecule has 0 aromatic rings. The van der Waals surface area contributed by atoms with Crippen LogP contribution in [0.3, 0.4) is 0 Å². The van der Waals surface area contributed by atoms with Gasteiger partial charge in [-0.2, -0.15) is 0 Å². The second-order valence-corrected chi connectivity index (χ2v) is 7.57. The molecular weight excluding hydrogens is 252 g/mol. The molecule has 4 saturated carbocycles. The summed E-state index contributed by atoms with van der Waals surface area (Å²) in [4.78, 5) is 6.04. The first-order valence-electron chi connectivity index (χ1n) is 8.18. The van der Waals surface area contributed by atoms with Gasteiger partial charge in [-0.3, -0.25) is 0 Å². The molecule has 0 amide bonds. The molecule has 0 aromatic carbocycles. The fourth-order valence-corrected chi connectivity index (χ4v) is 5.28. The minimum absolute atomic E-state index is 0.00641. The van der Waals surface area contributed by atoms with Crippen molar-refractivity contribution in [3.63, 3.8) is 0 Å². The highest BCUT2D eigenvalue weighted by atomic mass is 16.7. The fraction of sp³-hybridized carbons (Fsp3) is 0.875. The number of oxime groups is 2. The van der Waals surface area contributed by atoms with Gasteiger partial charge in [0.05, 0.1) is 6.21 Å². The summed E-state index contributed by atoms with van der Waals surface area (Å²) in [7, 11) is 0. The van der Waals surface area contributed by atoms with Gasteiger partial charge < -0.3 is 10.0 Å². The summed E-state index contributed by atoms with van der Waals surface area (Å²) < 4.78 is 0. The van der Waals surface area contributed by atoms with E-state index in [2.05, 4.69) is 10.3 Å². The van der Waals surface area contributed by atoms with Crippen LogP contribution in [0.5, 0.6) is 0 Å². The Morgan fingerprint density at radius 1 is 1.00 bits per heavy atom. The third-order valence-corrected chi connectivity index (χ3v) is 6.48. The monoisotopic (exact) mass is 276 g/mol. The van der Waals surface area contributed by atoms with Crippen molar-refractivity contribution in [2.45, 2.75) is 69.8 Å². The Morgan fingerprint density at radius 2 is 1.65 bits per heavy atom. The molecule has 4 heteroatoms. The summed E-state index contributed by atoms with van der Waals surface area (Å²) in [6.07, 6.45) is 13.8. The van der Waals surface area contributed by atoms with Crippen LogP contribution in [-0.4, -0.2) is 22.7 Å². The molecule has 0 aliphatic heterocycles. The summed E-state index contributed by atoms with van der Waals surface area (Å²) in [5, 5.41) is 16.8. The number of nitrogens with zero attached hydrogens (tertiary/aromatic N) is 2. The van der Waals surface area contributed by atoms with Crippen molar-refractivity contribution in [2.24, 2.45) is 27.6 Å². The molecule has 110 valence electrons. The first-order chi connectivity index (χ1) is 9.74. The molecule has 0 atom stereocenters. The zero-order valence-electron chi connectivity index (χ0n) is 12.1. The molecular formula is C16H24N2O2. The van der Waals surface area contributed by atoms with Crippen molar-refractivity contribution >= 4 is 11.9 Å². The van der Waals surface area contributed by atoms with Crippen LogP contribution in [0.15, 0.2) is 10.3 Å². The summed E-state index contributed by atoms with van der Waals surface area (Å²) in [5.74, 6) is 1.72. The van der Waals surface area contributed by atoms with E-state index in [1.165, 1.54) is 57.6 Å². The number of hydrogen-bond acceptors (Lipinski definition) is 4. The van der Waals surface area contributed by atoms with Crippen molar-refractivity contribution in [3.05, 3.63) is 0 Å². The average molecular weight is 276 g/mol. The molecule has 4 fully saturated rings. The molecule has 4 bridgehead atoms. The van der Waals surface area contributed by atoms with Gasteiger partial charge >= 0.3 is 0 Å². The quantitative estimate of drug-likeness (QED) is 0.483. The van der Waals surface area contributed by atoms with Gasteiger partial charge in [-0.05, 0) is 76.0 Å². The molecule has 4 aliphatic rings. The van der Waals surface area contributed by atoms with Crippen molar-refractivity contribution in [3.8, 4) is 0 Å². The van der Waals surface area contributed by atoms with Crippen molar-refractivity contribution in [2.75, 3.05) is 0 Å². The van der Waals surface area contributed by atoms with Crippen LogP contribution in [0, 0.1) is 17.3 Å². The number of hydrogen-bond donors (Lipinski definition) is 1. The molecule has 0 radical (unpaired) electrons. The SMILES string of the molecule is ON=CC(=NOC12CCC(CC1)C2)C12CCC(CC1)C2. The average Bonchev–Trinajstić information content (AvgIpc) is 3.22. The van der Waals surface area contributed by atoms with Crippen molar-refractivity contribution in [1.29, 1.82) is 0 Å². The predicted molar refractivity (Wildman–Crippen MR) is 77.1 cm³/mol. The van der Waals surface area contributed by atoms with Crippen molar-refractivity contribution in [1.82, 2.24) is 0 Å². The second-order valence-electron chi connectivity index (χ2n) is 7.57. The molecule has 20 heavy (non-hydrogen) atoms. The lowest BCUT2D eigenvalue weighted by atomic mass is 9.80. The maximum absolute atomic E-state index is 8.98. The zero-order valence-corrected chi connectivity index (χ0v) is 12.1. The van der Waals surface area contributed by atoms with Crippen LogP contribution in [0.2, 0.25) is 0 Å². The Bertz CT molecular complexity index is 441. The summed E-state index contributed by atoms with van der Waals surface area (Å²) in [6.45, 7) is 0. The van der Waals surface area contributed by atoms with E-state index in [1.54, 1.807) is 0 Å². The van der Waals surface area contributed by atoms with Gasteiger partial charge in [-0.1, -0.05) is 10.3 Å². The lowest BCUT2D eigenvalue weighted by Gasteiger charge is -2.28. The first-order valence-corrected chi connectivity index (χ1v) is 8.18. The first kappa shape index (κ1) is 12.7. The van der Waals surface area contributed by atoms with E-state index >= 15 is 0 Å². The van der Waals surface area contributed by atoms with Crippen LogP contribution in [0.4, 0.5) is 0 Å². The third kappa shape index (κ3) is 1.87. The van der Waals surface area contributed by atoms with E-state index in [4.69, 9.17) is 10.0 Å². The maximum atomic E-state index is 8.98. The van der Waals surface area contributed by atoms with Crippen LogP contribution >= 0.6 is 0 Å². The Hall–Kier alpha value is -1.06. The Morgan fingerprint density at radius 3 is 2.15 bits per heavy atom. The van der Waals surface area contributed by atoms with Gasteiger partial charge in [0.1, 0.15) is 11.3 Å². The number of rotatable bonds is 4. The van der Waals surface area contributed by atoms with E-state index in [1.807, 2.05) is 0 Å². The van der Waals surface area contributed by atoms with E-state index in [9.17, 15) is 0 Å². The molecule has 0 heterocycles. The van der Waals surface area contributed by atoms with Crippen LogP contribution in [0.25, 0.3) is 0 Å². The molecule has 4 nitrogen and oxygen atoms in total. The number of fused-ring (bicyclic) bond motifs is 4. The summed E-state index contributed by atoms with van der Waals surface area (Å²) >= 11 is 0. The van der Waals surface area contributed by atoms with Crippen LogP contribution in [-0.2, 0) is 4.84 Å². The summed E-state index contributed by atoms with van der Waals surface area (Å²) in [6, 6.07) is 0. The lowest BCUT2D eigenvalue weighted by molar-refractivity contribution is -0.0355. The zero-order chi connectivity index (χ0) is 13.6. The van der Waals surface area contributed by atoms with Crippen LogP contribution in [0.1, 0.15) is 64.2 Å². The minimum Gasteiger partial charge on any atom is -0.411 e. The molecule has 1 N–H and O–H groups in total. The fourth-order valence-electron chi connectivity index (χ4n) is 5.28. The summed E-state index contributed by atoms with van der Waals surface area (Å²) in [5.41, 5.74) is 1.04. The molecule has 0 unspecified atom stereocenters. The lowest BCUT2D eigenvalue weighted by Crippen LogP contribution is -2.31. The van der Waals surface area contributed by atoms with Gasteiger partial charge in [0.15, 0.2) is 0 Å². The topological polar surface area (TPSA) is 54.2 Å². The Labute approximate surface area is 120 Å². The highest BCUT2D eigenvalue weighted by Gasteiger charge is 2.50. The standard InChI is InChI=1S/C16H24N2O2/c19-17-11-14(15-5-1-12(9-15)2-6-15)18-20-16-7-3-13(10-16)4-8-16/h11-13,19H,1-10H2. The minimum atomic E-state index is 0.00641. The van der Waals surface area contributed by atoms with Crippen LogP contribution < -0.4 is 0 Å². The molecule has 4 aliphatic carbocycles. The molecule has 0 saturated heterocycles. The highest BCUT2D eigenvalue weighted by molar-refractivity contribution is 6.32. The van der Waals surface area contributed by atoms with E-state index in [-0.39, 0.29) is 11.0 Å². The molecule has 4 rings (SSSR count). The predicted octanol–water partition coefficient (Wildman–Crippen LogP) is 3.73. The van der Waals surface area contributed by atoms with Crippen molar-refractivity contribution < 1.29 is 10.0 Å². The van der Waals surface area contributed by atoms with Gasteiger partial charge in [0, 0.05) is 5.41 Å². The Balaban J connectivity index is 1.55. The normalized spacial score (nSPS) is 46.7. The largest absolute Gasteiger partial charge is 0.411 e. The van der Waals surface area contributed by atoms with Gasteiger partial charge in [0.2, 0.25) is 0 Å².